The third kappa shape index (κ3) is 8.25. The average Bonchev–Trinajstić information content (AvgIpc) is 3.02. The van der Waals surface area contributed by atoms with Gasteiger partial charge in [-0.05, 0) is 49.2 Å². The highest BCUT2D eigenvalue weighted by Crippen LogP contribution is 2.42. The van der Waals surface area contributed by atoms with E-state index in [1.165, 1.54) is 0 Å². The Bertz CT molecular complexity index is 822. The van der Waals surface area contributed by atoms with Gasteiger partial charge in [0.25, 0.3) is 0 Å². The molecule has 1 aromatic rings. The van der Waals surface area contributed by atoms with E-state index in [1.54, 1.807) is 12.1 Å². The summed E-state index contributed by atoms with van der Waals surface area (Å²) in [6.45, 7) is 19.4. The summed E-state index contributed by atoms with van der Waals surface area (Å²) >= 11 is 12.9. The van der Waals surface area contributed by atoms with Crippen molar-refractivity contribution in [3.8, 4) is 5.75 Å². The molecule has 33 heavy (non-hydrogen) atoms. The van der Waals surface area contributed by atoms with Crippen LogP contribution >= 0.6 is 23.2 Å². The van der Waals surface area contributed by atoms with Crippen LogP contribution in [0.25, 0.3) is 0 Å². The predicted octanol–water partition coefficient (Wildman–Crippen LogP) is 7.27. The largest absolute Gasteiger partial charge is 0.467 e. The first kappa shape index (κ1) is 28.7. The maximum atomic E-state index is 12.7. The van der Waals surface area contributed by atoms with E-state index in [-0.39, 0.29) is 29.7 Å². The Hall–Kier alpha value is -0.576. The number of amides is 1. The highest BCUT2D eigenvalue weighted by molar-refractivity contribution is 6.76. The van der Waals surface area contributed by atoms with E-state index in [9.17, 15) is 4.79 Å². The second-order valence-corrected chi connectivity index (χ2v) is 22.9. The minimum Gasteiger partial charge on any atom is -0.467 e. The van der Waals surface area contributed by atoms with Gasteiger partial charge in [0.2, 0.25) is 5.91 Å². The summed E-state index contributed by atoms with van der Waals surface area (Å²) in [6.07, 6.45) is 1.32. The van der Waals surface area contributed by atoms with Crippen LogP contribution in [0.5, 0.6) is 5.75 Å². The Balaban J connectivity index is 2.01. The van der Waals surface area contributed by atoms with Gasteiger partial charge in [0.15, 0.2) is 15.1 Å². The molecular formula is C24H41Cl2NO4Si2. The van der Waals surface area contributed by atoms with Crippen LogP contribution in [-0.2, 0) is 14.0 Å². The summed E-state index contributed by atoms with van der Waals surface area (Å²) in [5.74, 6) is 0.490. The molecule has 0 aromatic heterocycles. The monoisotopic (exact) mass is 533 g/mol. The predicted molar refractivity (Wildman–Crippen MR) is 143 cm³/mol. The van der Waals surface area contributed by atoms with Gasteiger partial charge in [-0.25, -0.2) is 0 Å². The van der Waals surface area contributed by atoms with Crippen LogP contribution in [0.2, 0.25) is 53.9 Å². The van der Waals surface area contributed by atoms with Crippen molar-refractivity contribution < 1.29 is 18.7 Å². The van der Waals surface area contributed by atoms with E-state index in [2.05, 4.69) is 58.8 Å². The molecule has 1 fully saturated rings. The van der Waals surface area contributed by atoms with E-state index in [1.807, 2.05) is 0 Å². The maximum absolute atomic E-state index is 12.7. The Morgan fingerprint density at radius 2 is 1.76 bits per heavy atom. The first-order valence-corrected chi connectivity index (χ1v) is 19.1. The first-order chi connectivity index (χ1) is 15.1. The average molecular weight is 535 g/mol. The molecule has 2 atom stereocenters. The molecule has 9 heteroatoms. The quantitative estimate of drug-likeness (QED) is 0.184. The third-order valence-corrected chi connectivity index (χ3v) is 13.7. The molecule has 0 saturated carbocycles. The van der Waals surface area contributed by atoms with Crippen LogP contribution in [0.3, 0.4) is 0 Å². The molecule has 1 saturated heterocycles. The van der Waals surface area contributed by atoms with Crippen LogP contribution in [0.15, 0.2) is 12.1 Å². The number of ether oxygens (including phenoxy) is 2. The Kier molecular flexibility index (Phi) is 9.94. The highest BCUT2D eigenvalue weighted by Gasteiger charge is 2.39. The molecule has 0 aliphatic carbocycles. The Labute approximate surface area is 212 Å². The van der Waals surface area contributed by atoms with E-state index < -0.39 is 16.4 Å². The fourth-order valence-electron chi connectivity index (χ4n) is 3.39. The van der Waals surface area contributed by atoms with E-state index in [0.29, 0.717) is 41.9 Å². The molecule has 1 N–H and O–H groups in total. The number of hydrogen-bond acceptors (Lipinski definition) is 4. The second kappa shape index (κ2) is 11.4. The highest BCUT2D eigenvalue weighted by atomic mass is 35.5. The zero-order valence-corrected chi connectivity index (χ0v) is 25.0. The van der Waals surface area contributed by atoms with E-state index in [0.717, 1.165) is 11.6 Å². The van der Waals surface area contributed by atoms with Gasteiger partial charge in [0.1, 0.15) is 5.75 Å². The number of halogens is 2. The Morgan fingerprint density at radius 3 is 2.36 bits per heavy atom. The van der Waals surface area contributed by atoms with Crippen LogP contribution in [0.4, 0.5) is 0 Å². The molecule has 1 aliphatic heterocycles. The minimum absolute atomic E-state index is 0.0206. The van der Waals surface area contributed by atoms with Gasteiger partial charge in [-0.3, -0.25) is 4.79 Å². The van der Waals surface area contributed by atoms with Crippen molar-refractivity contribution in [3.63, 3.8) is 0 Å². The van der Waals surface area contributed by atoms with Crippen molar-refractivity contribution in [1.82, 2.24) is 5.32 Å². The van der Waals surface area contributed by atoms with Gasteiger partial charge in [0, 0.05) is 32.8 Å². The lowest BCUT2D eigenvalue weighted by molar-refractivity contribution is -0.123. The van der Waals surface area contributed by atoms with Crippen molar-refractivity contribution >= 4 is 45.5 Å². The zero-order chi connectivity index (χ0) is 25.0. The lowest BCUT2D eigenvalue weighted by atomic mass is 9.97. The molecule has 2 unspecified atom stereocenters. The molecule has 1 amide bonds. The summed E-state index contributed by atoms with van der Waals surface area (Å²) in [5.41, 5.74) is 0.721. The van der Waals surface area contributed by atoms with E-state index in [4.69, 9.17) is 37.1 Å². The standard InChI is InChI=1S/C24H41Cl2NO4Si2/c1-24(2,3)33(7,8)31-12-11-17-15-19(27-23(17)28)21-20(10-9-18(25)22(21)26)30-16-29-13-14-32(4,5)6/h9-10,17,19H,11-16H2,1-8H3,(H,27,28). The topological polar surface area (TPSA) is 56.8 Å². The van der Waals surface area contributed by atoms with Crippen molar-refractivity contribution in [2.24, 2.45) is 5.92 Å². The van der Waals surface area contributed by atoms with Crippen LogP contribution in [-0.4, -0.2) is 42.3 Å². The van der Waals surface area contributed by atoms with Crippen LogP contribution in [0.1, 0.15) is 45.2 Å². The normalized spacial score (nSPS) is 19.6. The molecule has 1 aliphatic rings. The molecule has 5 nitrogen and oxygen atoms in total. The minimum atomic E-state index is -1.84. The molecule has 188 valence electrons. The smallest absolute Gasteiger partial charge is 0.223 e. The summed E-state index contributed by atoms with van der Waals surface area (Å²) in [7, 11) is -3.00. The number of rotatable bonds is 11. The summed E-state index contributed by atoms with van der Waals surface area (Å²) in [6, 6.07) is 4.33. The number of carbonyl (C=O) groups is 1. The van der Waals surface area contributed by atoms with Crippen molar-refractivity contribution in [2.75, 3.05) is 20.0 Å². The molecule has 0 radical (unpaired) electrons. The van der Waals surface area contributed by atoms with Gasteiger partial charge in [-0.1, -0.05) is 63.6 Å². The van der Waals surface area contributed by atoms with E-state index >= 15 is 0 Å². The van der Waals surface area contributed by atoms with Gasteiger partial charge in [-0.15, -0.1) is 0 Å². The molecule has 0 bridgehead atoms. The van der Waals surface area contributed by atoms with Gasteiger partial charge < -0.3 is 19.2 Å². The lowest BCUT2D eigenvalue weighted by Gasteiger charge is -2.36. The van der Waals surface area contributed by atoms with Crippen molar-refractivity contribution in [3.05, 3.63) is 27.7 Å². The maximum Gasteiger partial charge on any atom is 0.223 e. The van der Waals surface area contributed by atoms with Crippen molar-refractivity contribution in [2.45, 2.75) is 83.5 Å². The number of hydrogen-bond donors (Lipinski definition) is 1. The molecule has 1 aromatic carbocycles. The first-order valence-electron chi connectivity index (χ1n) is 11.8. The number of nitrogens with one attached hydrogen (secondary N) is 1. The van der Waals surface area contributed by atoms with Gasteiger partial charge in [-0.2, -0.15) is 0 Å². The Morgan fingerprint density at radius 1 is 1.09 bits per heavy atom. The zero-order valence-electron chi connectivity index (χ0n) is 21.4. The van der Waals surface area contributed by atoms with Crippen LogP contribution in [0, 0.1) is 5.92 Å². The lowest BCUT2D eigenvalue weighted by Crippen LogP contribution is -2.41. The number of benzene rings is 1. The fraction of sp³-hybridized carbons (Fsp3) is 0.708. The molecular weight excluding hydrogens is 493 g/mol. The summed E-state index contributed by atoms with van der Waals surface area (Å²) in [4.78, 5) is 12.7. The molecule has 1 heterocycles. The molecule has 0 spiro atoms. The second-order valence-electron chi connectivity index (χ2n) is 11.6. The summed E-state index contributed by atoms with van der Waals surface area (Å²) < 4.78 is 17.9. The van der Waals surface area contributed by atoms with Crippen LogP contribution < -0.4 is 10.1 Å². The number of carbonyl (C=O) groups excluding carboxylic acids is 1. The van der Waals surface area contributed by atoms with Gasteiger partial charge >= 0.3 is 0 Å². The molecule has 2 rings (SSSR count). The van der Waals surface area contributed by atoms with Crippen molar-refractivity contribution in [1.29, 1.82) is 0 Å². The van der Waals surface area contributed by atoms with Gasteiger partial charge in [0.05, 0.1) is 16.1 Å². The summed E-state index contributed by atoms with van der Waals surface area (Å²) in [5, 5.41) is 4.09. The SMILES string of the molecule is CC(C)(C)[Si](C)(C)OCCC1CC(c2c(OCOCC[Si](C)(C)C)ccc(Cl)c2Cl)NC1=O. The fourth-order valence-corrected chi connectivity index (χ4v) is 5.66. The third-order valence-electron chi connectivity index (χ3n) is 6.68.